The Kier molecular flexibility index (Phi) is 6.38. The molecule has 0 atom stereocenters. The second kappa shape index (κ2) is 7.07. The molecular weight excluding hydrogens is 172 g/mol. The Morgan fingerprint density at radius 3 is 2.00 bits per heavy atom. The van der Waals surface area contributed by atoms with E-state index in [9.17, 15) is 4.79 Å². The molecule has 0 saturated heterocycles. The van der Waals surface area contributed by atoms with Gasteiger partial charge in [-0.25, -0.2) is 0 Å². The normalized spacial score (nSPS) is 11.7. The number of hydrogen-bond donors (Lipinski definition) is 0. The number of ketones is 1. The Morgan fingerprint density at radius 1 is 0.929 bits per heavy atom. The zero-order chi connectivity index (χ0) is 11.0. The molecule has 0 unspecified atom stereocenters. The van der Waals surface area contributed by atoms with Crippen molar-refractivity contribution in [2.24, 2.45) is 0 Å². The minimum absolute atomic E-state index is 0.0632. The molecule has 1 nitrogen and oxygen atoms in total. The number of carbonyl (C=O) groups excluding carboxylic acids is 1. The zero-order valence-electron chi connectivity index (χ0n) is 9.37. The molecule has 0 rings (SSSR count). The molecule has 0 heterocycles. The maximum atomic E-state index is 11.6. The average molecular weight is 190 g/mol. The fourth-order valence-electron chi connectivity index (χ4n) is 0.999. The first kappa shape index (κ1) is 12.6. The van der Waals surface area contributed by atoms with Gasteiger partial charge >= 0.3 is 0 Å². The summed E-state index contributed by atoms with van der Waals surface area (Å²) in [5.41, 5.74) is 1.80. The summed E-state index contributed by atoms with van der Waals surface area (Å²) in [6.45, 7) is 7.67. The topological polar surface area (TPSA) is 17.1 Å². The molecule has 76 valence electrons. The van der Waals surface area contributed by atoms with Crippen LogP contribution >= 0.6 is 0 Å². The van der Waals surface area contributed by atoms with Gasteiger partial charge in [-0.15, -0.1) is 0 Å². The van der Waals surface area contributed by atoms with Crippen LogP contribution in [0.15, 0.2) is 47.6 Å². The first-order chi connectivity index (χ1) is 6.63. The van der Waals surface area contributed by atoms with E-state index >= 15 is 0 Å². The van der Waals surface area contributed by atoms with E-state index in [2.05, 4.69) is 0 Å². The van der Waals surface area contributed by atoms with Gasteiger partial charge in [0.25, 0.3) is 0 Å². The summed E-state index contributed by atoms with van der Waals surface area (Å²) < 4.78 is 0. The smallest absolute Gasteiger partial charge is 0.185 e. The third kappa shape index (κ3) is 4.61. The van der Waals surface area contributed by atoms with Crippen molar-refractivity contribution >= 4 is 5.78 Å². The zero-order valence-corrected chi connectivity index (χ0v) is 9.37. The van der Waals surface area contributed by atoms with Crippen LogP contribution in [-0.2, 0) is 4.79 Å². The van der Waals surface area contributed by atoms with Crippen molar-refractivity contribution in [3.8, 4) is 0 Å². The SMILES string of the molecule is C/C=C/C=C\C(C(=O)/C=C/C)=C(C)C. The van der Waals surface area contributed by atoms with Crippen LogP contribution < -0.4 is 0 Å². The van der Waals surface area contributed by atoms with Crippen LogP contribution in [0.1, 0.15) is 27.7 Å². The van der Waals surface area contributed by atoms with Crippen LogP contribution in [0, 0.1) is 0 Å². The predicted octanol–water partition coefficient (Wildman–Crippen LogP) is 3.60. The molecule has 0 amide bonds. The molecule has 0 aromatic carbocycles. The maximum absolute atomic E-state index is 11.6. The largest absolute Gasteiger partial charge is 0.289 e. The third-order valence-electron chi connectivity index (χ3n) is 1.69. The van der Waals surface area contributed by atoms with Crippen LogP contribution in [0.4, 0.5) is 0 Å². The molecule has 0 aliphatic heterocycles. The number of carbonyl (C=O) groups is 1. The van der Waals surface area contributed by atoms with Gasteiger partial charge in [0, 0.05) is 5.57 Å². The van der Waals surface area contributed by atoms with Crippen molar-refractivity contribution in [3.05, 3.63) is 47.6 Å². The van der Waals surface area contributed by atoms with Crippen molar-refractivity contribution in [1.82, 2.24) is 0 Å². The molecule has 0 fully saturated rings. The first-order valence-electron chi connectivity index (χ1n) is 4.77. The van der Waals surface area contributed by atoms with Crippen molar-refractivity contribution in [1.29, 1.82) is 0 Å². The summed E-state index contributed by atoms with van der Waals surface area (Å²) in [6, 6.07) is 0. The first-order valence-corrected chi connectivity index (χ1v) is 4.77. The van der Waals surface area contributed by atoms with Gasteiger partial charge in [-0.2, -0.15) is 0 Å². The van der Waals surface area contributed by atoms with E-state index in [0.29, 0.717) is 0 Å². The van der Waals surface area contributed by atoms with Gasteiger partial charge in [0.05, 0.1) is 0 Å². The molecule has 0 aliphatic rings. The Hall–Kier alpha value is -1.37. The van der Waals surface area contributed by atoms with E-state index in [1.807, 2.05) is 52.0 Å². The molecule has 0 bridgehead atoms. The van der Waals surface area contributed by atoms with Crippen LogP contribution in [0.3, 0.4) is 0 Å². The highest BCUT2D eigenvalue weighted by Gasteiger charge is 2.02. The van der Waals surface area contributed by atoms with Gasteiger partial charge in [0.2, 0.25) is 0 Å². The molecule has 1 heteroatoms. The second-order valence-corrected chi connectivity index (χ2v) is 3.16. The Morgan fingerprint density at radius 2 is 1.57 bits per heavy atom. The quantitative estimate of drug-likeness (QED) is 0.489. The van der Waals surface area contributed by atoms with Gasteiger partial charge in [0.1, 0.15) is 0 Å². The standard InChI is InChI=1S/C13H18O/c1-5-7-8-10-12(11(3)4)13(14)9-6-2/h5-10H,1-4H3/b7-5+,9-6+,10-8-. The third-order valence-corrected chi connectivity index (χ3v) is 1.69. The Labute approximate surface area is 86.5 Å². The molecular formula is C13H18O. The molecule has 0 spiro atoms. The highest BCUT2D eigenvalue weighted by atomic mass is 16.1. The van der Waals surface area contributed by atoms with Gasteiger partial charge in [-0.3, -0.25) is 4.79 Å². The van der Waals surface area contributed by atoms with Gasteiger partial charge < -0.3 is 0 Å². The van der Waals surface area contributed by atoms with E-state index in [-0.39, 0.29) is 5.78 Å². The van der Waals surface area contributed by atoms with E-state index < -0.39 is 0 Å². The van der Waals surface area contributed by atoms with Crippen LogP contribution in [0.2, 0.25) is 0 Å². The average Bonchev–Trinajstić information content (AvgIpc) is 2.12. The van der Waals surface area contributed by atoms with E-state index in [1.165, 1.54) is 0 Å². The van der Waals surface area contributed by atoms with E-state index in [0.717, 1.165) is 11.1 Å². The predicted molar refractivity (Wildman–Crippen MR) is 62.1 cm³/mol. The lowest BCUT2D eigenvalue weighted by molar-refractivity contribution is -0.111. The summed E-state index contributed by atoms with van der Waals surface area (Å²) in [5, 5.41) is 0. The lowest BCUT2D eigenvalue weighted by Gasteiger charge is -1.98. The number of allylic oxidation sites excluding steroid dienone is 8. The number of hydrogen-bond acceptors (Lipinski definition) is 1. The van der Waals surface area contributed by atoms with Crippen LogP contribution in [-0.4, -0.2) is 5.78 Å². The Balaban J connectivity index is 4.82. The van der Waals surface area contributed by atoms with Gasteiger partial charge in [-0.1, -0.05) is 36.0 Å². The van der Waals surface area contributed by atoms with Crippen LogP contribution in [0.25, 0.3) is 0 Å². The molecule has 14 heavy (non-hydrogen) atoms. The molecule has 0 aromatic rings. The van der Waals surface area contributed by atoms with Crippen molar-refractivity contribution in [2.75, 3.05) is 0 Å². The monoisotopic (exact) mass is 190 g/mol. The summed E-state index contributed by atoms with van der Waals surface area (Å²) >= 11 is 0. The highest BCUT2D eigenvalue weighted by molar-refractivity contribution is 6.06. The molecule has 0 N–H and O–H groups in total. The fraction of sp³-hybridized carbons (Fsp3) is 0.308. The fourth-order valence-corrected chi connectivity index (χ4v) is 0.999. The lowest BCUT2D eigenvalue weighted by Crippen LogP contribution is -1.97. The van der Waals surface area contributed by atoms with Crippen molar-refractivity contribution in [2.45, 2.75) is 27.7 Å². The van der Waals surface area contributed by atoms with E-state index in [1.54, 1.807) is 12.2 Å². The molecule has 0 aromatic heterocycles. The summed E-state index contributed by atoms with van der Waals surface area (Å²) in [4.78, 5) is 11.6. The second-order valence-electron chi connectivity index (χ2n) is 3.16. The minimum Gasteiger partial charge on any atom is -0.289 e. The molecule has 0 saturated carbocycles. The highest BCUT2D eigenvalue weighted by Crippen LogP contribution is 2.07. The maximum Gasteiger partial charge on any atom is 0.185 e. The van der Waals surface area contributed by atoms with Crippen molar-refractivity contribution < 1.29 is 4.79 Å². The Bertz CT molecular complexity index is 297. The summed E-state index contributed by atoms with van der Waals surface area (Å²) in [7, 11) is 0. The minimum atomic E-state index is 0.0632. The molecule has 0 aliphatic carbocycles. The molecule has 0 radical (unpaired) electrons. The summed E-state index contributed by atoms with van der Waals surface area (Å²) in [6.07, 6.45) is 10.9. The van der Waals surface area contributed by atoms with Gasteiger partial charge in [-0.05, 0) is 33.8 Å². The van der Waals surface area contributed by atoms with Crippen LogP contribution in [0.5, 0.6) is 0 Å². The summed E-state index contributed by atoms with van der Waals surface area (Å²) in [5.74, 6) is 0.0632. The van der Waals surface area contributed by atoms with Crippen molar-refractivity contribution in [3.63, 3.8) is 0 Å². The van der Waals surface area contributed by atoms with E-state index in [4.69, 9.17) is 0 Å². The number of rotatable bonds is 4. The van der Waals surface area contributed by atoms with Gasteiger partial charge in [0.15, 0.2) is 5.78 Å². The lowest BCUT2D eigenvalue weighted by atomic mass is 10.1.